The van der Waals surface area contributed by atoms with Crippen LogP contribution in [0, 0.1) is 5.82 Å². The van der Waals surface area contributed by atoms with Gasteiger partial charge < -0.3 is 14.2 Å². The number of hydrogen-bond donors (Lipinski definition) is 0. The van der Waals surface area contributed by atoms with Crippen molar-refractivity contribution in [3.8, 4) is 11.5 Å². The third-order valence-corrected chi connectivity index (χ3v) is 6.09. The van der Waals surface area contributed by atoms with Crippen molar-refractivity contribution in [2.24, 2.45) is 4.99 Å². The van der Waals surface area contributed by atoms with Crippen LogP contribution in [0.15, 0.2) is 50.8 Å². The number of hydrogen-bond acceptors (Lipinski definition) is 7. The molecule has 10 heteroatoms. The van der Waals surface area contributed by atoms with Crippen molar-refractivity contribution in [3.63, 3.8) is 0 Å². The van der Waals surface area contributed by atoms with Gasteiger partial charge in [0.15, 0.2) is 23.3 Å². The van der Waals surface area contributed by atoms with E-state index in [9.17, 15) is 14.0 Å². The first-order chi connectivity index (χ1) is 15.4. The first kappa shape index (κ1) is 23.8. The highest BCUT2D eigenvalue weighted by molar-refractivity contribution is 9.10. The zero-order chi connectivity index (χ0) is 23.3. The minimum absolute atomic E-state index is 0.185. The van der Waals surface area contributed by atoms with Gasteiger partial charge >= 0.3 is 5.97 Å². The molecule has 3 rings (SSSR count). The largest absolute Gasteiger partial charge is 0.493 e. The maximum atomic E-state index is 13.2. The summed E-state index contributed by atoms with van der Waals surface area (Å²) in [6.45, 7) is 2.03. The quantitative estimate of drug-likeness (QED) is 0.385. The van der Waals surface area contributed by atoms with Crippen molar-refractivity contribution in [1.82, 2.24) is 4.90 Å². The molecule has 0 bridgehead atoms. The van der Waals surface area contributed by atoms with Crippen LogP contribution in [0.25, 0.3) is 6.08 Å². The standard InChI is InChI=1S/C22H20BrFN2O5S/c1-4-26-21(28)19(32-22(26)25-15-7-5-14(24)6-8-15)10-13-9-17(29-2)18(11-16(13)23)31-12-20(27)30-3/h5-11H,4,12H2,1-3H3/b19-10+,25-22?. The smallest absolute Gasteiger partial charge is 0.343 e. The van der Waals surface area contributed by atoms with Crippen LogP contribution in [0.5, 0.6) is 11.5 Å². The maximum absolute atomic E-state index is 13.2. The summed E-state index contributed by atoms with van der Waals surface area (Å²) in [5.74, 6) is -0.307. The number of esters is 1. The fraction of sp³-hybridized carbons (Fsp3) is 0.227. The number of rotatable bonds is 7. The lowest BCUT2D eigenvalue weighted by Crippen LogP contribution is -2.28. The van der Waals surface area contributed by atoms with Crippen molar-refractivity contribution in [3.05, 3.63) is 57.2 Å². The molecule has 7 nitrogen and oxygen atoms in total. The van der Waals surface area contributed by atoms with Crippen molar-refractivity contribution in [2.45, 2.75) is 6.92 Å². The second-order valence-corrected chi connectivity index (χ2v) is 8.28. The predicted molar refractivity (Wildman–Crippen MR) is 125 cm³/mol. The SMILES string of the molecule is CCN1C(=O)/C(=C\c2cc(OC)c(OCC(=O)OC)cc2Br)SC1=Nc1ccc(F)cc1. The molecule has 0 aliphatic carbocycles. The van der Waals surface area contributed by atoms with Gasteiger partial charge in [-0.15, -0.1) is 0 Å². The zero-order valence-electron chi connectivity index (χ0n) is 17.6. The summed E-state index contributed by atoms with van der Waals surface area (Å²) in [5, 5.41) is 0.511. The van der Waals surface area contributed by atoms with Crippen molar-refractivity contribution in [1.29, 1.82) is 0 Å². The van der Waals surface area contributed by atoms with E-state index in [-0.39, 0.29) is 18.3 Å². The van der Waals surface area contributed by atoms with Gasteiger partial charge in [0.05, 0.1) is 24.8 Å². The lowest BCUT2D eigenvalue weighted by molar-refractivity contribution is -0.142. The van der Waals surface area contributed by atoms with E-state index < -0.39 is 5.97 Å². The molecule has 1 aliphatic rings. The Bertz CT molecular complexity index is 1090. The monoisotopic (exact) mass is 522 g/mol. The first-order valence-corrected chi connectivity index (χ1v) is 11.1. The van der Waals surface area contributed by atoms with E-state index in [2.05, 4.69) is 25.7 Å². The Kier molecular flexibility index (Phi) is 7.92. The highest BCUT2D eigenvalue weighted by atomic mass is 79.9. The van der Waals surface area contributed by atoms with E-state index in [1.807, 2.05) is 6.92 Å². The van der Waals surface area contributed by atoms with Crippen LogP contribution in [-0.4, -0.2) is 49.3 Å². The van der Waals surface area contributed by atoms with E-state index >= 15 is 0 Å². The summed E-state index contributed by atoms with van der Waals surface area (Å²) in [6.07, 6.45) is 1.72. The number of methoxy groups -OCH3 is 2. The molecule has 1 heterocycles. The molecule has 1 fully saturated rings. The predicted octanol–water partition coefficient (Wildman–Crippen LogP) is 4.77. The third kappa shape index (κ3) is 5.49. The van der Waals surface area contributed by atoms with Crippen molar-refractivity contribution < 1.29 is 28.2 Å². The van der Waals surface area contributed by atoms with Crippen LogP contribution in [0.1, 0.15) is 12.5 Å². The fourth-order valence-electron chi connectivity index (χ4n) is 2.77. The van der Waals surface area contributed by atoms with E-state index in [1.54, 1.807) is 35.2 Å². The van der Waals surface area contributed by atoms with E-state index in [0.717, 1.165) is 0 Å². The highest BCUT2D eigenvalue weighted by Crippen LogP contribution is 2.38. The Morgan fingerprint density at radius 1 is 1.22 bits per heavy atom. The summed E-state index contributed by atoms with van der Waals surface area (Å²) in [7, 11) is 2.75. The molecular formula is C22H20BrFN2O5S. The number of carbonyl (C=O) groups excluding carboxylic acids is 2. The van der Waals surface area contributed by atoms with Crippen LogP contribution in [-0.2, 0) is 14.3 Å². The van der Waals surface area contributed by atoms with Crippen LogP contribution in [0.4, 0.5) is 10.1 Å². The maximum Gasteiger partial charge on any atom is 0.343 e. The molecule has 1 aliphatic heterocycles. The number of nitrogens with zero attached hydrogens (tertiary/aromatic N) is 2. The molecular weight excluding hydrogens is 503 g/mol. The van der Waals surface area contributed by atoms with Crippen molar-refractivity contribution in [2.75, 3.05) is 27.4 Å². The van der Waals surface area contributed by atoms with Gasteiger partial charge in [-0.1, -0.05) is 15.9 Å². The molecule has 168 valence electrons. The number of likely N-dealkylation sites (N-methyl/N-ethyl adjacent to an activating group) is 1. The lowest BCUT2D eigenvalue weighted by Gasteiger charge is -2.12. The molecule has 1 saturated heterocycles. The minimum Gasteiger partial charge on any atom is -0.493 e. The van der Waals surface area contributed by atoms with E-state index in [0.29, 0.717) is 43.8 Å². The molecule has 0 unspecified atom stereocenters. The molecule has 0 spiro atoms. The summed E-state index contributed by atoms with van der Waals surface area (Å²) >= 11 is 4.70. The number of carbonyl (C=O) groups is 2. The van der Waals surface area contributed by atoms with Gasteiger partial charge in [-0.05, 0) is 66.7 Å². The van der Waals surface area contributed by atoms with Gasteiger partial charge in [-0.3, -0.25) is 9.69 Å². The summed E-state index contributed by atoms with van der Waals surface area (Å²) in [5.41, 5.74) is 1.23. The summed E-state index contributed by atoms with van der Waals surface area (Å²) in [6, 6.07) is 9.10. The van der Waals surface area contributed by atoms with Gasteiger partial charge in [-0.2, -0.15) is 0 Å². The number of aliphatic imine (C=N–C) groups is 1. The Balaban J connectivity index is 1.90. The van der Waals surface area contributed by atoms with Crippen LogP contribution in [0.3, 0.4) is 0 Å². The molecule has 2 aromatic rings. The molecule has 0 atom stereocenters. The fourth-order valence-corrected chi connectivity index (χ4v) is 4.26. The molecule has 32 heavy (non-hydrogen) atoms. The second kappa shape index (κ2) is 10.6. The summed E-state index contributed by atoms with van der Waals surface area (Å²) in [4.78, 5) is 30.8. The summed E-state index contributed by atoms with van der Waals surface area (Å²) < 4.78 is 29.2. The van der Waals surface area contributed by atoms with Gasteiger partial charge in [-0.25, -0.2) is 14.2 Å². The Morgan fingerprint density at radius 3 is 2.56 bits per heavy atom. The normalized spacial score (nSPS) is 16.0. The Hall–Kier alpha value is -2.85. The van der Waals surface area contributed by atoms with E-state index in [4.69, 9.17) is 9.47 Å². The van der Waals surface area contributed by atoms with Crippen molar-refractivity contribution >= 4 is 56.5 Å². The zero-order valence-corrected chi connectivity index (χ0v) is 20.0. The minimum atomic E-state index is -0.519. The topological polar surface area (TPSA) is 77.4 Å². The number of halogens is 2. The van der Waals surface area contributed by atoms with Gasteiger partial charge in [0.2, 0.25) is 0 Å². The van der Waals surface area contributed by atoms with Crippen LogP contribution in [0.2, 0.25) is 0 Å². The average molecular weight is 523 g/mol. The molecule has 0 aromatic heterocycles. The molecule has 0 N–H and O–H groups in total. The van der Waals surface area contributed by atoms with Crippen LogP contribution >= 0.6 is 27.7 Å². The Labute approximate surface area is 197 Å². The van der Waals surface area contributed by atoms with Gasteiger partial charge in [0.25, 0.3) is 5.91 Å². The molecule has 2 aromatic carbocycles. The van der Waals surface area contributed by atoms with Crippen LogP contribution < -0.4 is 9.47 Å². The number of amides is 1. The molecule has 0 radical (unpaired) electrons. The molecule has 1 amide bonds. The average Bonchev–Trinajstić information content (AvgIpc) is 3.08. The highest BCUT2D eigenvalue weighted by Gasteiger charge is 2.32. The lowest BCUT2D eigenvalue weighted by atomic mass is 10.2. The Morgan fingerprint density at radius 2 is 1.94 bits per heavy atom. The third-order valence-electron chi connectivity index (χ3n) is 4.40. The van der Waals surface area contributed by atoms with Gasteiger partial charge in [0.1, 0.15) is 5.82 Å². The number of ether oxygens (including phenoxy) is 3. The number of thioether (sulfide) groups is 1. The van der Waals surface area contributed by atoms with E-state index in [1.165, 1.54) is 38.1 Å². The molecule has 0 saturated carbocycles. The first-order valence-electron chi connectivity index (χ1n) is 9.49. The van der Waals surface area contributed by atoms with Gasteiger partial charge in [0, 0.05) is 11.0 Å². The second-order valence-electron chi connectivity index (χ2n) is 6.42. The number of amidine groups is 1. The number of benzene rings is 2.